The van der Waals surface area contributed by atoms with E-state index in [1.807, 2.05) is 20.8 Å². The van der Waals surface area contributed by atoms with Crippen LogP contribution in [0.1, 0.15) is 34.6 Å². The van der Waals surface area contributed by atoms with E-state index in [4.69, 9.17) is 4.74 Å². The molecule has 0 aliphatic carbocycles. The minimum atomic E-state index is 0.398. The van der Waals surface area contributed by atoms with Crippen LogP contribution in [0.2, 0.25) is 0 Å². The van der Waals surface area contributed by atoms with Gasteiger partial charge in [0, 0.05) is 5.92 Å². The standard InChI is InChI=1S/C7H12O.C4H8/c1-5-4-6(2)8-7(5)3;1-4(2)3/h4-5,7H,1-3H3;1H2,2-3H3. The van der Waals surface area contributed by atoms with E-state index >= 15 is 0 Å². The Morgan fingerprint density at radius 3 is 1.92 bits per heavy atom. The van der Waals surface area contributed by atoms with Gasteiger partial charge in [-0.3, -0.25) is 0 Å². The lowest BCUT2D eigenvalue weighted by molar-refractivity contribution is 0.135. The number of hydrogen-bond donors (Lipinski definition) is 0. The second-order valence-electron chi connectivity index (χ2n) is 3.67. The highest BCUT2D eigenvalue weighted by Gasteiger charge is 2.17. The van der Waals surface area contributed by atoms with Crippen molar-refractivity contribution in [2.24, 2.45) is 5.92 Å². The molecule has 0 bridgehead atoms. The fraction of sp³-hybridized carbons (Fsp3) is 0.636. The van der Waals surface area contributed by atoms with Crippen molar-refractivity contribution in [3.05, 3.63) is 24.0 Å². The Morgan fingerprint density at radius 1 is 1.42 bits per heavy atom. The topological polar surface area (TPSA) is 9.23 Å². The molecule has 0 saturated heterocycles. The van der Waals surface area contributed by atoms with E-state index in [-0.39, 0.29) is 0 Å². The molecule has 0 aromatic carbocycles. The predicted molar refractivity (Wildman–Crippen MR) is 54.0 cm³/mol. The Bertz CT molecular complexity index is 175. The molecular formula is C11H20O. The molecule has 2 unspecified atom stereocenters. The lowest BCUT2D eigenvalue weighted by Crippen LogP contribution is -2.07. The van der Waals surface area contributed by atoms with Crippen LogP contribution in [0.4, 0.5) is 0 Å². The Hall–Kier alpha value is -0.720. The van der Waals surface area contributed by atoms with Gasteiger partial charge >= 0.3 is 0 Å². The van der Waals surface area contributed by atoms with E-state index in [0.717, 1.165) is 5.76 Å². The summed E-state index contributed by atoms with van der Waals surface area (Å²) in [4.78, 5) is 0. The van der Waals surface area contributed by atoms with Gasteiger partial charge in [-0.2, -0.15) is 0 Å². The third-order valence-electron chi connectivity index (χ3n) is 1.61. The molecule has 0 amide bonds. The molecule has 0 fully saturated rings. The van der Waals surface area contributed by atoms with E-state index in [2.05, 4.69) is 26.5 Å². The van der Waals surface area contributed by atoms with Gasteiger partial charge in [0.25, 0.3) is 0 Å². The summed E-state index contributed by atoms with van der Waals surface area (Å²) in [6.45, 7) is 13.8. The van der Waals surface area contributed by atoms with Crippen LogP contribution in [-0.2, 0) is 4.74 Å². The molecule has 70 valence electrons. The first kappa shape index (κ1) is 11.3. The minimum absolute atomic E-state index is 0.398. The molecule has 12 heavy (non-hydrogen) atoms. The molecule has 1 aliphatic rings. The highest BCUT2D eigenvalue weighted by Crippen LogP contribution is 2.21. The quantitative estimate of drug-likeness (QED) is 0.503. The molecule has 1 nitrogen and oxygen atoms in total. The second-order valence-corrected chi connectivity index (χ2v) is 3.67. The number of allylic oxidation sites excluding steroid dienone is 2. The maximum Gasteiger partial charge on any atom is 0.101 e. The second kappa shape index (κ2) is 5.02. The summed E-state index contributed by atoms with van der Waals surface area (Å²) in [7, 11) is 0. The largest absolute Gasteiger partial charge is 0.495 e. The Labute approximate surface area is 76.1 Å². The fourth-order valence-corrected chi connectivity index (χ4v) is 0.946. The van der Waals surface area contributed by atoms with Gasteiger partial charge in [-0.15, -0.1) is 6.58 Å². The van der Waals surface area contributed by atoms with E-state index in [1.165, 1.54) is 5.57 Å². The van der Waals surface area contributed by atoms with E-state index < -0.39 is 0 Å². The van der Waals surface area contributed by atoms with Crippen molar-refractivity contribution in [2.45, 2.75) is 40.7 Å². The van der Waals surface area contributed by atoms with E-state index in [1.54, 1.807) is 0 Å². The maximum atomic E-state index is 5.33. The van der Waals surface area contributed by atoms with Gasteiger partial charge in [-0.25, -0.2) is 0 Å². The Morgan fingerprint density at radius 2 is 1.83 bits per heavy atom. The predicted octanol–water partition coefficient (Wildman–Crippen LogP) is 3.53. The summed E-state index contributed by atoms with van der Waals surface area (Å²) in [6, 6.07) is 0. The first-order chi connectivity index (χ1) is 5.43. The molecule has 0 spiro atoms. The van der Waals surface area contributed by atoms with Crippen molar-refractivity contribution in [3.63, 3.8) is 0 Å². The van der Waals surface area contributed by atoms with Gasteiger partial charge < -0.3 is 4.74 Å². The number of hydrogen-bond acceptors (Lipinski definition) is 1. The van der Waals surface area contributed by atoms with Gasteiger partial charge in [0.05, 0.1) is 5.76 Å². The molecule has 0 aromatic rings. The Balaban J connectivity index is 0.000000261. The highest BCUT2D eigenvalue weighted by molar-refractivity contribution is 5.01. The summed E-state index contributed by atoms with van der Waals surface area (Å²) in [5, 5.41) is 0. The lowest BCUT2D eigenvalue weighted by Gasteiger charge is -2.07. The number of rotatable bonds is 0. The molecule has 0 saturated carbocycles. The van der Waals surface area contributed by atoms with Crippen LogP contribution >= 0.6 is 0 Å². The monoisotopic (exact) mass is 168 g/mol. The molecular weight excluding hydrogens is 148 g/mol. The first-order valence-corrected chi connectivity index (χ1v) is 4.40. The van der Waals surface area contributed by atoms with Crippen LogP contribution in [0.5, 0.6) is 0 Å². The van der Waals surface area contributed by atoms with Gasteiger partial charge in [0.2, 0.25) is 0 Å². The van der Waals surface area contributed by atoms with Crippen LogP contribution < -0.4 is 0 Å². The molecule has 1 aliphatic heterocycles. The average Bonchev–Trinajstić information content (AvgIpc) is 2.08. The zero-order valence-electron chi connectivity index (χ0n) is 8.85. The minimum Gasteiger partial charge on any atom is -0.495 e. The molecule has 1 rings (SSSR count). The molecule has 0 aromatic heterocycles. The highest BCUT2D eigenvalue weighted by atomic mass is 16.5. The summed E-state index contributed by atoms with van der Waals surface area (Å²) >= 11 is 0. The molecule has 1 heteroatoms. The smallest absolute Gasteiger partial charge is 0.101 e. The molecule has 0 radical (unpaired) electrons. The fourth-order valence-electron chi connectivity index (χ4n) is 0.946. The summed E-state index contributed by atoms with van der Waals surface area (Å²) in [5.74, 6) is 1.68. The van der Waals surface area contributed by atoms with Crippen LogP contribution in [0, 0.1) is 5.92 Å². The third-order valence-corrected chi connectivity index (χ3v) is 1.61. The summed E-state index contributed by atoms with van der Waals surface area (Å²) < 4.78 is 5.33. The molecule has 2 atom stereocenters. The van der Waals surface area contributed by atoms with Crippen LogP contribution in [-0.4, -0.2) is 6.10 Å². The molecule has 1 heterocycles. The summed E-state index contributed by atoms with van der Waals surface area (Å²) in [5.41, 5.74) is 1.17. The summed E-state index contributed by atoms with van der Waals surface area (Å²) in [6.07, 6.45) is 2.56. The van der Waals surface area contributed by atoms with Crippen LogP contribution in [0.3, 0.4) is 0 Å². The van der Waals surface area contributed by atoms with Crippen molar-refractivity contribution in [1.29, 1.82) is 0 Å². The average molecular weight is 168 g/mol. The van der Waals surface area contributed by atoms with Gasteiger partial charge in [-0.1, -0.05) is 12.5 Å². The van der Waals surface area contributed by atoms with Crippen molar-refractivity contribution in [3.8, 4) is 0 Å². The number of ether oxygens (including phenoxy) is 1. The van der Waals surface area contributed by atoms with Gasteiger partial charge in [0.1, 0.15) is 6.10 Å². The van der Waals surface area contributed by atoms with E-state index in [0.29, 0.717) is 12.0 Å². The van der Waals surface area contributed by atoms with Gasteiger partial charge in [-0.05, 0) is 33.8 Å². The normalized spacial score (nSPS) is 26.6. The van der Waals surface area contributed by atoms with Crippen LogP contribution in [0.15, 0.2) is 24.0 Å². The SMILES string of the molecule is C=C(C)C.CC1=CC(C)C(C)O1. The molecule has 0 N–H and O–H groups in total. The maximum absolute atomic E-state index is 5.33. The van der Waals surface area contributed by atoms with Crippen molar-refractivity contribution < 1.29 is 4.74 Å². The first-order valence-electron chi connectivity index (χ1n) is 4.40. The zero-order valence-corrected chi connectivity index (χ0v) is 8.85. The van der Waals surface area contributed by atoms with Gasteiger partial charge in [0.15, 0.2) is 0 Å². The zero-order chi connectivity index (χ0) is 9.72. The Kier molecular flexibility index (Phi) is 4.72. The van der Waals surface area contributed by atoms with Crippen LogP contribution in [0.25, 0.3) is 0 Å². The van der Waals surface area contributed by atoms with Crippen molar-refractivity contribution in [1.82, 2.24) is 0 Å². The van der Waals surface area contributed by atoms with Crippen molar-refractivity contribution >= 4 is 0 Å². The third kappa shape index (κ3) is 5.00. The lowest BCUT2D eigenvalue weighted by atomic mass is 10.1. The van der Waals surface area contributed by atoms with E-state index in [9.17, 15) is 0 Å². The van der Waals surface area contributed by atoms with Crippen molar-refractivity contribution in [2.75, 3.05) is 0 Å².